The molecule has 0 aliphatic rings. The highest BCUT2D eigenvalue weighted by Gasteiger charge is 2.05. The Morgan fingerprint density at radius 1 is 1.20 bits per heavy atom. The van der Waals surface area contributed by atoms with Gasteiger partial charge in [0.25, 0.3) is 0 Å². The molecule has 2 rings (SSSR count). The van der Waals surface area contributed by atoms with E-state index in [2.05, 4.69) is 30.1 Å². The fraction of sp³-hybridized carbons (Fsp3) is 0.154. The molecule has 0 bridgehead atoms. The Balaban J connectivity index is 2.51. The molecule has 0 amide bonds. The van der Waals surface area contributed by atoms with Gasteiger partial charge in [-0.2, -0.15) is 5.26 Å². The summed E-state index contributed by atoms with van der Waals surface area (Å²) in [6.45, 7) is 3.97. The molecule has 0 aliphatic heterocycles. The first-order chi connectivity index (χ1) is 7.20. The van der Waals surface area contributed by atoms with Gasteiger partial charge < -0.3 is 4.98 Å². The van der Waals surface area contributed by atoms with Crippen molar-refractivity contribution >= 4 is 0 Å². The normalized spacial score (nSPS) is 9.93. The van der Waals surface area contributed by atoms with Crippen LogP contribution in [0.3, 0.4) is 0 Å². The van der Waals surface area contributed by atoms with Crippen LogP contribution in [-0.4, -0.2) is 4.98 Å². The summed E-state index contributed by atoms with van der Waals surface area (Å²) in [5, 5.41) is 8.86. The third kappa shape index (κ3) is 1.77. The van der Waals surface area contributed by atoms with Gasteiger partial charge in [0.2, 0.25) is 0 Å². The number of aryl methyl sites for hydroxylation is 2. The Hall–Kier alpha value is -2.01. The average molecular weight is 196 g/mol. The summed E-state index contributed by atoms with van der Waals surface area (Å²) >= 11 is 0. The van der Waals surface area contributed by atoms with Crippen LogP contribution < -0.4 is 0 Å². The minimum atomic E-state index is 0.714. The molecule has 1 N–H and O–H groups in total. The summed E-state index contributed by atoms with van der Waals surface area (Å²) in [5.74, 6) is 0. The lowest BCUT2D eigenvalue weighted by molar-refractivity contribution is 1.25. The number of nitrogens with zero attached hydrogens (tertiary/aromatic N) is 1. The van der Waals surface area contributed by atoms with Crippen molar-refractivity contribution < 1.29 is 0 Å². The lowest BCUT2D eigenvalue weighted by Crippen LogP contribution is -1.79. The lowest BCUT2D eigenvalue weighted by atomic mass is 10.1. The highest BCUT2D eigenvalue weighted by Crippen LogP contribution is 2.21. The first-order valence-corrected chi connectivity index (χ1v) is 4.87. The van der Waals surface area contributed by atoms with Gasteiger partial charge in [0.1, 0.15) is 6.07 Å². The first kappa shape index (κ1) is 9.54. The summed E-state index contributed by atoms with van der Waals surface area (Å²) in [6.07, 6.45) is 0. The molecule has 74 valence electrons. The van der Waals surface area contributed by atoms with E-state index in [0.29, 0.717) is 5.56 Å². The number of nitriles is 1. The number of nitrogens with one attached hydrogen (secondary N) is 1. The number of rotatable bonds is 1. The van der Waals surface area contributed by atoms with Gasteiger partial charge in [-0.15, -0.1) is 0 Å². The van der Waals surface area contributed by atoms with E-state index in [1.807, 2.05) is 25.1 Å². The van der Waals surface area contributed by atoms with Crippen LogP contribution in [0.5, 0.6) is 0 Å². The molecular formula is C13H12N2. The van der Waals surface area contributed by atoms with Crippen molar-refractivity contribution in [3.05, 3.63) is 47.2 Å². The summed E-state index contributed by atoms with van der Waals surface area (Å²) in [6, 6.07) is 12.3. The number of aromatic nitrogens is 1. The van der Waals surface area contributed by atoms with Gasteiger partial charge in [-0.25, -0.2) is 0 Å². The van der Waals surface area contributed by atoms with Crippen molar-refractivity contribution in [2.45, 2.75) is 13.8 Å². The van der Waals surface area contributed by atoms with Crippen LogP contribution >= 0.6 is 0 Å². The third-order valence-corrected chi connectivity index (χ3v) is 2.46. The number of hydrogen-bond acceptors (Lipinski definition) is 1. The zero-order valence-corrected chi connectivity index (χ0v) is 8.83. The van der Waals surface area contributed by atoms with Crippen LogP contribution in [0.25, 0.3) is 11.3 Å². The SMILES string of the molecule is Cc1cccc(-c2cc(C#N)c(C)[nH]2)c1. The highest BCUT2D eigenvalue weighted by atomic mass is 14.7. The van der Waals surface area contributed by atoms with Gasteiger partial charge in [-0.3, -0.25) is 0 Å². The zero-order valence-electron chi connectivity index (χ0n) is 8.83. The second kappa shape index (κ2) is 3.62. The maximum absolute atomic E-state index is 8.86. The molecule has 0 aliphatic carbocycles. The monoisotopic (exact) mass is 196 g/mol. The lowest BCUT2D eigenvalue weighted by Gasteiger charge is -1.98. The second-order valence-electron chi connectivity index (χ2n) is 3.70. The van der Waals surface area contributed by atoms with Crippen molar-refractivity contribution in [3.63, 3.8) is 0 Å². The molecule has 0 unspecified atom stereocenters. The summed E-state index contributed by atoms with van der Waals surface area (Å²) < 4.78 is 0. The molecule has 0 radical (unpaired) electrons. The summed E-state index contributed by atoms with van der Waals surface area (Å²) in [7, 11) is 0. The van der Waals surface area contributed by atoms with Gasteiger partial charge in [-0.05, 0) is 31.5 Å². The molecule has 1 aromatic heterocycles. The number of H-pyrrole nitrogens is 1. The molecule has 0 atom stereocenters. The standard InChI is InChI=1S/C13H12N2/c1-9-4-3-5-11(6-9)13-7-12(8-14)10(2)15-13/h3-7,15H,1-2H3. The van der Waals surface area contributed by atoms with E-state index in [0.717, 1.165) is 17.0 Å². The van der Waals surface area contributed by atoms with Crippen molar-refractivity contribution in [2.75, 3.05) is 0 Å². The Bertz CT molecular complexity index is 530. The van der Waals surface area contributed by atoms with Crippen molar-refractivity contribution in [2.24, 2.45) is 0 Å². The number of aromatic amines is 1. The molecule has 0 saturated carbocycles. The molecular weight excluding hydrogens is 184 g/mol. The minimum Gasteiger partial charge on any atom is -0.358 e. The molecule has 0 fully saturated rings. The van der Waals surface area contributed by atoms with Gasteiger partial charge in [0.15, 0.2) is 0 Å². The molecule has 0 spiro atoms. The maximum Gasteiger partial charge on any atom is 0.101 e. The largest absolute Gasteiger partial charge is 0.358 e. The fourth-order valence-corrected chi connectivity index (χ4v) is 1.64. The molecule has 0 saturated heterocycles. The second-order valence-corrected chi connectivity index (χ2v) is 3.70. The van der Waals surface area contributed by atoms with Crippen LogP contribution in [0.1, 0.15) is 16.8 Å². The van der Waals surface area contributed by atoms with Crippen LogP contribution in [-0.2, 0) is 0 Å². The van der Waals surface area contributed by atoms with E-state index in [4.69, 9.17) is 5.26 Å². The van der Waals surface area contributed by atoms with Crippen molar-refractivity contribution in [3.8, 4) is 17.3 Å². The van der Waals surface area contributed by atoms with E-state index in [-0.39, 0.29) is 0 Å². The first-order valence-electron chi connectivity index (χ1n) is 4.87. The van der Waals surface area contributed by atoms with E-state index in [1.54, 1.807) is 0 Å². The van der Waals surface area contributed by atoms with E-state index < -0.39 is 0 Å². The van der Waals surface area contributed by atoms with Gasteiger partial charge >= 0.3 is 0 Å². The Labute approximate surface area is 89.2 Å². The number of hydrogen-bond donors (Lipinski definition) is 1. The van der Waals surface area contributed by atoms with Crippen LogP contribution in [0.15, 0.2) is 30.3 Å². The predicted molar refractivity (Wildman–Crippen MR) is 60.4 cm³/mol. The van der Waals surface area contributed by atoms with Crippen molar-refractivity contribution in [1.82, 2.24) is 4.98 Å². The number of benzene rings is 1. The zero-order chi connectivity index (χ0) is 10.8. The summed E-state index contributed by atoms with van der Waals surface area (Å²) in [5.41, 5.74) is 4.99. The average Bonchev–Trinajstić information content (AvgIpc) is 2.60. The molecule has 15 heavy (non-hydrogen) atoms. The van der Waals surface area contributed by atoms with Gasteiger partial charge in [0.05, 0.1) is 5.56 Å². The highest BCUT2D eigenvalue weighted by molar-refractivity contribution is 5.63. The topological polar surface area (TPSA) is 39.6 Å². The molecule has 1 heterocycles. The Morgan fingerprint density at radius 3 is 2.60 bits per heavy atom. The molecule has 2 nitrogen and oxygen atoms in total. The van der Waals surface area contributed by atoms with E-state index >= 15 is 0 Å². The molecule has 1 aromatic carbocycles. The minimum absolute atomic E-state index is 0.714. The molecule has 2 aromatic rings. The predicted octanol–water partition coefficient (Wildman–Crippen LogP) is 3.17. The quantitative estimate of drug-likeness (QED) is 0.747. The van der Waals surface area contributed by atoms with Gasteiger partial charge in [0, 0.05) is 11.4 Å². The van der Waals surface area contributed by atoms with E-state index in [9.17, 15) is 0 Å². The smallest absolute Gasteiger partial charge is 0.101 e. The maximum atomic E-state index is 8.86. The Morgan fingerprint density at radius 2 is 2.00 bits per heavy atom. The van der Waals surface area contributed by atoms with Gasteiger partial charge in [-0.1, -0.05) is 23.8 Å². The fourth-order valence-electron chi connectivity index (χ4n) is 1.64. The van der Waals surface area contributed by atoms with E-state index in [1.165, 1.54) is 5.56 Å². The Kier molecular flexibility index (Phi) is 2.31. The van der Waals surface area contributed by atoms with Crippen LogP contribution in [0.4, 0.5) is 0 Å². The van der Waals surface area contributed by atoms with Crippen LogP contribution in [0, 0.1) is 25.2 Å². The molecule has 2 heteroatoms. The third-order valence-electron chi connectivity index (χ3n) is 2.46. The summed E-state index contributed by atoms with van der Waals surface area (Å²) in [4.78, 5) is 3.22. The van der Waals surface area contributed by atoms with Crippen molar-refractivity contribution in [1.29, 1.82) is 5.26 Å². The van der Waals surface area contributed by atoms with Crippen LogP contribution in [0.2, 0.25) is 0 Å².